The van der Waals surface area contributed by atoms with Gasteiger partial charge in [0.25, 0.3) is 0 Å². The van der Waals surface area contributed by atoms with Crippen molar-refractivity contribution in [1.82, 2.24) is 9.78 Å². The van der Waals surface area contributed by atoms with Crippen LogP contribution in [0.4, 0.5) is 5.69 Å². The molecule has 0 radical (unpaired) electrons. The number of rotatable bonds is 4. The first-order chi connectivity index (χ1) is 8.32. The molecule has 0 unspecified atom stereocenters. The summed E-state index contributed by atoms with van der Waals surface area (Å²) in [5, 5.41) is 15.4. The third kappa shape index (κ3) is 3.19. The molecule has 2 N–H and O–H groups in total. The number of aliphatic carboxylic acids is 1. The standard InChI is InChI=1S/C12H17N3O3/c1-7(2)15-9(4)12(8(3)14-15)13-10(16)5-6-11(17)18/h5-7H,1-4H3,(H,13,16)(H,17,18)/b6-5+. The maximum absolute atomic E-state index is 11.5. The summed E-state index contributed by atoms with van der Waals surface area (Å²) < 4.78 is 1.81. The SMILES string of the molecule is Cc1nn(C(C)C)c(C)c1NC(=O)/C=C/C(=O)O. The second kappa shape index (κ2) is 5.48. The average molecular weight is 251 g/mol. The number of hydrogen-bond acceptors (Lipinski definition) is 3. The van der Waals surface area contributed by atoms with E-state index in [0.717, 1.165) is 17.8 Å². The molecule has 0 saturated heterocycles. The van der Waals surface area contributed by atoms with Gasteiger partial charge < -0.3 is 10.4 Å². The summed E-state index contributed by atoms with van der Waals surface area (Å²) >= 11 is 0. The fraction of sp³-hybridized carbons (Fsp3) is 0.417. The number of carboxylic acids is 1. The number of carbonyl (C=O) groups excluding carboxylic acids is 1. The van der Waals surface area contributed by atoms with E-state index in [1.807, 2.05) is 25.5 Å². The minimum Gasteiger partial charge on any atom is -0.478 e. The molecule has 0 aliphatic heterocycles. The van der Waals surface area contributed by atoms with Crippen molar-refractivity contribution < 1.29 is 14.7 Å². The molecular weight excluding hydrogens is 234 g/mol. The lowest BCUT2D eigenvalue weighted by Gasteiger charge is -2.08. The zero-order chi connectivity index (χ0) is 13.9. The van der Waals surface area contributed by atoms with Crippen molar-refractivity contribution in [2.24, 2.45) is 0 Å². The molecule has 0 bridgehead atoms. The molecule has 1 aromatic heterocycles. The van der Waals surface area contributed by atoms with Crippen LogP contribution in [0.15, 0.2) is 12.2 Å². The number of nitrogens with zero attached hydrogens (tertiary/aromatic N) is 2. The zero-order valence-corrected chi connectivity index (χ0v) is 10.9. The summed E-state index contributed by atoms with van der Waals surface area (Å²) in [6, 6.07) is 0.198. The Balaban J connectivity index is 2.92. The quantitative estimate of drug-likeness (QED) is 0.797. The molecule has 98 valence electrons. The largest absolute Gasteiger partial charge is 0.478 e. The van der Waals surface area contributed by atoms with Crippen molar-refractivity contribution >= 4 is 17.6 Å². The molecule has 1 heterocycles. The number of aryl methyl sites for hydroxylation is 1. The number of amides is 1. The Bertz CT molecular complexity index is 501. The van der Waals surface area contributed by atoms with Gasteiger partial charge in [-0.05, 0) is 27.7 Å². The van der Waals surface area contributed by atoms with Crippen LogP contribution in [0.1, 0.15) is 31.3 Å². The van der Waals surface area contributed by atoms with Crippen LogP contribution in [-0.2, 0) is 9.59 Å². The minimum absolute atomic E-state index is 0.198. The molecule has 6 heteroatoms. The van der Waals surface area contributed by atoms with Gasteiger partial charge in [0.1, 0.15) is 0 Å². The van der Waals surface area contributed by atoms with Gasteiger partial charge in [-0.2, -0.15) is 5.10 Å². The van der Waals surface area contributed by atoms with Gasteiger partial charge in [-0.25, -0.2) is 4.79 Å². The van der Waals surface area contributed by atoms with Gasteiger partial charge in [0.15, 0.2) is 0 Å². The molecule has 6 nitrogen and oxygen atoms in total. The van der Waals surface area contributed by atoms with E-state index in [2.05, 4.69) is 10.4 Å². The monoisotopic (exact) mass is 251 g/mol. The van der Waals surface area contributed by atoms with Crippen LogP contribution in [0.3, 0.4) is 0 Å². The van der Waals surface area contributed by atoms with E-state index in [0.29, 0.717) is 11.4 Å². The minimum atomic E-state index is -1.16. The van der Waals surface area contributed by atoms with Gasteiger partial charge in [0.2, 0.25) is 5.91 Å². The molecule has 1 aromatic rings. The van der Waals surface area contributed by atoms with Gasteiger partial charge in [0.05, 0.1) is 17.1 Å². The Hall–Kier alpha value is -2.11. The number of nitrogens with one attached hydrogen (secondary N) is 1. The molecule has 1 amide bonds. The molecular formula is C12H17N3O3. The Labute approximate surface area is 105 Å². The van der Waals surface area contributed by atoms with Crippen molar-refractivity contribution in [3.05, 3.63) is 23.5 Å². The third-order valence-corrected chi connectivity index (χ3v) is 2.44. The summed E-state index contributed by atoms with van der Waals surface area (Å²) in [6.45, 7) is 7.64. The van der Waals surface area contributed by atoms with E-state index in [9.17, 15) is 9.59 Å². The molecule has 0 atom stereocenters. The Morgan fingerprint density at radius 3 is 2.39 bits per heavy atom. The highest BCUT2D eigenvalue weighted by molar-refractivity contribution is 6.02. The van der Waals surface area contributed by atoms with E-state index in [4.69, 9.17) is 5.11 Å². The maximum Gasteiger partial charge on any atom is 0.328 e. The average Bonchev–Trinajstić information content (AvgIpc) is 2.54. The number of hydrogen-bond donors (Lipinski definition) is 2. The second-order valence-electron chi connectivity index (χ2n) is 4.24. The fourth-order valence-corrected chi connectivity index (χ4v) is 1.66. The Morgan fingerprint density at radius 2 is 1.94 bits per heavy atom. The third-order valence-electron chi connectivity index (χ3n) is 2.44. The zero-order valence-electron chi connectivity index (χ0n) is 10.9. The van der Waals surface area contributed by atoms with E-state index in [-0.39, 0.29) is 6.04 Å². The topological polar surface area (TPSA) is 84.2 Å². The highest BCUT2D eigenvalue weighted by Crippen LogP contribution is 2.22. The van der Waals surface area contributed by atoms with Crippen LogP contribution in [0.25, 0.3) is 0 Å². The van der Waals surface area contributed by atoms with Gasteiger partial charge >= 0.3 is 5.97 Å². The summed E-state index contributed by atoms with van der Waals surface area (Å²) in [7, 11) is 0. The fourth-order valence-electron chi connectivity index (χ4n) is 1.66. The van der Waals surface area contributed by atoms with E-state index in [1.165, 1.54) is 0 Å². The predicted molar refractivity (Wildman–Crippen MR) is 67.5 cm³/mol. The molecule has 0 aromatic carbocycles. The highest BCUT2D eigenvalue weighted by Gasteiger charge is 2.14. The smallest absolute Gasteiger partial charge is 0.328 e. The number of carboxylic acid groups (broad SMARTS) is 1. The van der Waals surface area contributed by atoms with Crippen LogP contribution in [-0.4, -0.2) is 26.8 Å². The van der Waals surface area contributed by atoms with Gasteiger partial charge in [0, 0.05) is 18.2 Å². The number of anilines is 1. The first-order valence-electron chi connectivity index (χ1n) is 5.60. The van der Waals surface area contributed by atoms with Gasteiger partial charge in [-0.15, -0.1) is 0 Å². The van der Waals surface area contributed by atoms with Crippen molar-refractivity contribution in [3.63, 3.8) is 0 Å². The molecule has 0 saturated carbocycles. The van der Waals surface area contributed by atoms with Crippen molar-refractivity contribution in [3.8, 4) is 0 Å². The summed E-state index contributed by atoms with van der Waals surface area (Å²) in [4.78, 5) is 21.8. The molecule has 1 rings (SSSR count). The number of aromatic nitrogens is 2. The van der Waals surface area contributed by atoms with Crippen molar-refractivity contribution in [2.45, 2.75) is 33.7 Å². The van der Waals surface area contributed by atoms with Gasteiger partial charge in [-0.3, -0.25) is 9.48 Å². The lowest BCUT2D eigenvalue weighted by atomic mass is 10.3. The van der Waals surface area contributed by atoms with Crippen molar-refractivity contribution in [2.75, 3.05) is 5.32 Å². The first-order valence-corrected chi connectivity index (χ1v) is 5.60. The van der Waals surface area contributed by atoms with Crippen LogP contribution < -0.4 is 5.32 Å². The van der Waals surface area contributed by atoms with Crippen LogP contribution in [0.5, 0.6) is 0 Å². The normalized spacial score (nSPS) is 11.2. The molecule has 0 aliphatic carbocycles. The van der Waals surface area contributed by atoms with E-state index < -0.39 is 11.9 Å². The lowest BCUT2D eigenvalue weighted by Crippen LogP contribution is -2.11. The summed E-state index contributed by atoms with van der Waals surface area (Å²) in [5.41, 5.74) is 2.18. The molecule has 0 spiro atoms. The van der Waals surface area contributed by atoms with Crippen LogP contribution in [0.2, 0.25) is 0 Å². The van der Waals surface area contributed by atoms with E-state index in [1.54, 1.807) is 6.92 Å². The van der Waals surface area contributed by atoms with Gasteiger partial charge in [-0.1, -0.05) is 0 Å². The van der Waals surface area contributed by atoms with Crippen LogP contribution >= 0.6 is 0 Å². The Morgan fingerprint density at radius 1 is 1.33 bits per heavy atom. The highest BCUT2D eigenvalue weighted by atomic mass is 16.4. The van der Waals surface area contributed by atoms with Crippen LogP contribution in [0, 0.1) is 13.8 Å². The summed E-state index contributed by atoms with van der Waals surface area (Å²) in [5.74, 6) is -1.64. The Kier molecular flexibility index (Phi) is 4.25. The molecule has 0 aliphatic rings. The lowest BCUT2D eigenvalue weighted by molar-refractivity contribution is -0.131. The molecule has 0 fully saturated rings. The number of carbonyl (C=O) groups is 2. The predicted octanol–water partition coefficient (Wildman–Crippen LogP) is 1.66. The first kappa shape index (κ1) is 14.0. The maximum atomic E-state index is 11.5. The second-order valence-corrected chi connectivity index (χ2v) is 4.24. The summed E-state index contributed by atoms with van der Waals surface area (Å²) in [6.07, 6.45) is 1.78. The van der Waals surface area contributed by atoms with Crippen molar-refractivity contribution in [1.29, 1.82) is 0 Å². The van der Waals surface area contributed by atoms with E-state index >= 15 is 0 Å². The molecule has 18 heavy (non-hydrogen) atoms.